The smallest absolute Gasteiger partial charge is 0.221 e. The Balaban J connectivity index is 1.98. The van der Waals surface area contributed by atoms with Crippen LogP contribution in [0.1, 0.15) is 13.8 Å². The lowest BCUT2D eigenvalue weighted by Gasteiger charge is -2.15. The molecule has 0 saturated heterocycles. The molecule has 2 N–H and O–H groups in total. The number of aliphatic hydroxyl groups excluding tert-OH is 1. The monoisotopic (exact) mass is 260 g/mol. The van der Waals surface area contributed by atoms with Crippen molar-refractivity contribution in [3.63, 3.8) is 0 Å². The van der Waals surface area contributed by atoms with Crippen LogP contribution in [0.4, 0.5) is 0 Å². The standard InChI is InChI=1S/C15H20N2O2/c1-11(2)17-9-13(18)10-19-15-14-6-4-3-5-12(14)7-8-16-15/h3-8,11,13,17-18H,9-10H2,1-2H3. The Bertz CT molecular complexity index is 523. The molecule has 0 aliphatic heterocycles. The Morgan fingerprint density at radius 1 is 1.26 bits per heavy atom. The Hall–Kier alpha value is -1.65. The maximum absolute atomic E-state index is 9.82. The van der Waals surface area contributed by atoms with Crippen molar-refractivity contribution in [2.75, 3.05) is 13.2 Å². The number of aliphatic hydroxyl groups is 1. The van der Waals surface area contributed by atoms with Crippen molar-refractivity contribution in [3.8, 4) is 5.88 Å². The van der Waals surface area contributed by atoms with E-state index in [9.17, 15) is 5.11 Å². The van der Waals surface area contributed by atoms with E-state index in [4.69, 9.17) is 4.74 Å². The van der Waals surface area contributed by atoms with Gasteiger partial charge in [-0.1, -0.05) is 32.0 Å². The molecular weight excluding hydrogens is 240 g/mol. The molecule has 4 heteroatoms. The van der Waals surface area contributed by atoms with Gasteiger partial charge < -0.3 is 15.2 Å². The first kappa shape index (κ1) is 13.8. The van der Waals surface area contributed by atoms with Crippen molar-refractivity contribution >= 4 is 10.8 Å². The second kappa shape index (κ2) is 6.50. The number of hydrogen-bond donors (Lipinski definition) is 2. The number of nitrogens with one attached hydrogen (secondary N) is 1. The number of benzene rings is 1. The summed E-state index contributed by atoms with van der Waals surface area (Å²) in [6, 6.07) is 10.2. The van der Waals surface area contributed by atoms with Gasteiger partial charge in [-0.2, -0.15) is 0 Å². The van der Waals surface area contributed by atoms with Crippen LogP contribution in [0.2, 0.25) is 0 Å². The quantitative estimate of drug-likeness (QED) is 0.834. The molecule has 1 aromatic heterocycles. The van der Waals surface area contributed by atoms with Crippen LogP contribution in [0.15, 0.2) is 36.5 Å². The maximum atomic E-state index is 9.82. The molecule has 0 bridgehead atoms. The number of hydrogen-bond acceptors (Lipinski definition) is 4. The molecule has 2 aromatic rings. The summed E-state index contributed by atoms with van der Waals surface area (Å²) in [5.41, 5.74) is 0. The van der Waals surface area contributed by atoms with Gasteiger partial charge in [-0.05, 0) is 17.5 Å². The average molecular weight is 260 g/mol. The van der Waals surface area contributed by atoms with Crippen molar-refractivity contribution in [2.45, 2.75) is 26.0 Å². The maximum Gasteiger partial charge on any atom is 0.221 e. The molecule has 1 unspecified atom stereocenters. The van der Waals surface area contributed by atoms with E-state index < -0.39 is 6.10 Å². The van der Waals surface area contributed by atoms with Crippen molar-refractivity contribution in [3.05, 3.63) is 36.5 Å². The zero-order valence-corrected chi connectivity index (χ0v) is 11.3. The number of aromatic nitrogens is 1. The van der Waals surface area contributed by atoms with E-state index in [1.807, 2.05) is 44.2 Å². The van der Waals surface area contributed by atoms with Crippen LogP contribution < -0.4 is 10.1 Å². The SMILES string of the molecule is CC(C)NCC(O)COc1nccc2ccccc12. The summed E-state index contributed by atoms with van der Waals surface area (Å²) in [5, 5.41) is 15.0. The van der Waals surface area contributed by atoms with Crippen LogP contribution in [-0.4, -0.2) is 35.4 Å². The molecule has 0 amide bonds. The first-order valence-corrected chi connectivity index (χ1v) is 6.55. The predicted molar refractivity (Wildman–Crippen MR) is 76.4 cm³/mol. The summed E-state index contributed by atoms with van der Waals surface area (Å²) in [6.45, 7) is 4.84. The molecule has 1 aromatic carbocycles. The van der Waals surface area contributed by atoms with Gasteiger partial charge in [0.1, 0.15) is 12.7 Å². The van der Waals surface area contributed by atoms with Crippen LogP contribution in [0.5, 0.6) is 5.88 Å². The third-order valence-electron chi connectivity index (χ3n) is 2.81. The van der Waals surface area contributed by atoms with Crippen LogP contribution in [0.3, 0.4) is 0 Å². The molecule has 0 aliphatic carbocycles. The fourth-order valence-electron chi connectivity index (χ4n) is 1.81. The number of fused-ring (bicyclic) bond motifs is 1. The highest BCUT2D eigenvalue weighted by Crippen LogP contribution is 2.22. The van der Waals surface area contributed by atoms with Gasteiger partial charge >= 0.3 is 0 Å². The van der Waals surface area contributed by atoms with Gasteiger partial charge in [-0.25, -0.2) is 4.98 Å². The van der Waals surface area contributed by atoms with E-state index >= 15 is 0 Å². The van der Waals surface area contributed by atoms with Gasteiger partial charge in [-0.15, -0.1) is 0 Å². The van der Waals surface area contributed by atoms with E-state index in [1.54, 1.807) is 6.20 Å². The van der Waals surface area contributed by atoms with Gasteiger partial charge in [0.25, 0.3) is 0 Å². The highest BCUT2D eigenvalue weighted by molar-refractivity contribution is 5.86. The Morgan fingerprint density at radius 3 is 2.84 bits per heavy atom. The number of pyridine rings is 1. The molecule has 0 radical (unpaired) electrons. The lowest BCUT2D eigenvalue weighted by molar-refractivity contribution is 0.103. The summed E-state index contributed by atoms with van der Waals surface area (Å²) in [7, 11) is 0. The number of nitrogens with zero attached hydrogens (tertiary/aromatic N) is 1. The molecule has 2 rings (SSSR count). The lowest BCUT2D eigenvalue weighted by atomic mass is 10.2. The summed E-state index contributed by atoms with van der Waals surface area (Å²) < 4.78 is 5.61. The summed E-state index contributed by atoms with van der Waals surface area (Å²) in [4.78, 5) is 4.22. The number of rotatable bonds is 6. The van der Waals surface area contributed by atoms with E-state index in [0.29, 0.717) is 18.5 Å². The Morgan fingerprint density at radius 2 is 2.05 bits per heavy atom. The minimum Gasteiger partial charge on any atom is -0.474 e. The van der Waals surface area contributed by atoms with E-state index in [0.717, 1.165) is 10.8 Å². The highest BCUT2D eigenvalue weighted by Gasteiger charge is 2.08. The topological polar surface area (TPSA) is 54.4 Å². The Kier molecular flexibility index (Phi) is 4.71. The van der Waals surface area contributed by atoms with Crippen LogP contribution in [0, 0.1) is 0 Å². The third kappa shape index (κ3) is 3.91. The van der Waals surface area contributed by atoms with Crippen LogP contribution in [-0.2, 0) is 0 Å². The first-order valence-electron chi connectivity index (χ1n) is 6.55. The third-order valence-corrected chi connectivity index (χ3v) is 2.81. The molecule has 19 heavy (non-hydrogen) atoms. The van der Waals surface area contributed by atoms with E-state index in [-0.39, 0.29) is 6.61 Å². The van der Waals surface area contributed by atoms with Crippen molar-refractivity contribution < 1.29 is 9.84 Å². The Labute approximate surface area is 113 Å². The van der Waals surface area contributed by atoms with Gasteiger partial charge in [0.15, 0.2) is 0 Å². The van der Waals surface area contributed by atoms with Gasteiger partial charge in [0.05, 0.1) is 0 Å². The lowest BCUT2D eigenvalue weighted by Crippen LogP contribution is -2.35. The average Bonchev–Trinajstić information content (AvgIpc) is 2.42. The molecule has 1 heterocycles. The largest absolute Gasteiger partial charge is 0.474 e. The summed E-state index contributed by atoms with van der Waals surface area (Å²) in [6.07, 6.45) is 1.18. The van der Waals surface area contributed by atoms with Crippen LogP contribution in [0.25, 0.3) is 10.8 Å². The second-order valence-corrected chi connectivity index (χ2v) is 4.87. The van der Waals surface area contributed by atoms with Crippen molar-refractivity contribution in [2.24, 2.45) is 0 Å². The van der Waals surface area contributed by atoms with E-state index in [2.05, 4.69) is 10.3 Å². The van der Waals surface area contributed by atoms with E-state index in [1.165, 1.54) is 0 Å². The minimum atomic E-state index is -0.539. The fourth-order valence-corrected chi connectivity index (χ4v) is 1.81. The normalized spacial score (nSPS) is 12.8. The zero-order chi connectivity index (χ0) is 13.7. The summed E-state index contributed by atoms with van der Waals surface area (Å²) >= 11 is 0. The molecule has 1 atom stereocenters. The van der Waals surface area contributed by atoms with Crippen molar-refractivity contribution in [1.29, 1.82) is 0 Å². The molecule has 0 spiro atoms. The fraction of sp³-hybridized carbons (Fsp3) is 0.400. The van der Waals surface area contributed by atoms with Gasteiger partial charge in [0, 0.05) is 24.2 Å². The molecule has 102 valence electrons. The minimum absolute atomic E-state index is 0.237. The molecule has 0 saturated carbocycles. The molecule has 4 nitrogen and oxygen atoms in total. The first-order chi connectivity index (χ1) is 9.16. The second-order valence-electron chi connectivity index (χ2n) is 4.87. The predicted octanol–water partition coefficient (Wildman–Crippen LogP) is 1.97. The van der Waals surface area contributed by atoms with Gasteiger partial charge in [-0.3, -0.25) is 0 Å². The highest BCUT2D eigenvalue weighted by atomic mass is 16.5. The summed E-state index contributed by atoms with van der Waals surface area (Å²) in [5.74, 6) is 0.571. The van der Waals surface area contributed by atoms with Gasteiger partial charge in [0.2, 0.25) is 5.88 Å². The molecular formula is C15H20N2O2. The zero-order valence-electron chi connectivity index (χ0n) is 11.3. The van der Waals surface area contributed by atoms with Crippen molar-refractivity contribution in [1.82, 2.24) is 10.3 Å². The van der Waals surface area contributed by atoms with Crippen LogP contribution >= 0.6 is 0 Å². The molecule has 0 fully saturated rings. The molecule has 0 aliphatic rings. The number of ether oxygens (including phenoxy) is 1.